The second kappa shape index (κ2) is 16.7. The van der Waals surface area contributed by atoms with Gasteiger partial charge in [-0.3, -0.25) is 4.79 Å². The van der Waals surface area contributed by atoms with Gasteiger partial charge in [0.1, 0.15) is 0 Å². The molecule has 6 rings (SSSR count). The Kier molecular flexibility index (Phi) is 12.0. The molecule has 4 amide bonds. The number of amides is 4. The van der Waals surface area contributed by atoms with E-state index in [0.717, 1.165) is 23.0 Å². The maximum atomic E-state index is 14.1. The number of anilines is 3. The minimum atomic E-state index is -4.80. The van der Waals surface area contributed by atoms with E-state index in [1.807, 2.05) is 29.2 Å². The zero-order valence-electron chi connectivity index (χ0n) is 30.6. The number of nitrogens with two attached hydrogens (primary N) is 1. The van der Waals surface area contributed by atoms with Crippen molar-refractivity contribution in [2.75, 3.05) is 61.8 Å². The molecule has 2 saturated heterocycles. The molecule has 0 bridgehead atoms. The Bertz CT molecular complexity index is 1900. The van der Waals surface area contributed by atoms with Crippen LogP contribution >= 0.6 is 11.6 Å². The molecule has 0 saturated carbocycles. The van der Waals surface area contributed by atoms with Crippen LogP contribution in [0.5, 0.6) is 0 Å². The highest BCUT2D eigenvalue weighted by molar-refractivity contribution is 6.33. The van der Waals surface area contributed by atoms with E-state index in [-0.39, 0.29) is 61.4 Å². The predicted molar refractivity (Wildman–Crippen MR) is 201 cm³/mol. The van der Waals surface area contributed by atoms with Gasteiger partial charge in [0.25, 0.3) is 5.91 Å². The van der Waals surface area contributed by atoms with Crippen LogP contribution in [0.15, 0.2) is 60.7 Å². The summed E-state index contributed by atoms with van der Waals surface area (Å²) in [6, 6.07) is 16.3. The third kappa shape index (κ3) is 9.38. The summed E-state index contributed by atoms with van der Waals surface area (Å²) in [5, 5.41) is 2.64. The number of fused-ring (bicyclic) bond motifs is 1. The number of nitrogen functional groups attached to an aromatic ring is 1. The first kappa shape index (κ1) is 39.5. The van der Waals surface area contributed by atoms with E-state index < -0.39 is 41.5 Å². The number of nitrogens with zero attached hydrogens (tertiary/aromatic N) is 4. The van der Waals surface area contributed by atoms with E-state index in [4.69, 9.17) is 26.8 Å². The minimum Gasteiger partial charge on any atom is -0.459 e. The summed E-state index contributed by atoms with van der Waals surface area (Å²) in [7, 11) is 0. The van der Waals surface area contributed by atoms with Crippen LogP contribution in [0.3, 0.4) is 0 Å². The van der Waals surface area contributed by atoms with Gasteiger partial charge in [-0.25, -0.2) is 14.4 Å². The van der Waals surface area contributed by atoms with Crippen molar-refractivity contribution >= 4 is 52.7 Å². The molecule has 16 heteroatoms. The maximum absolute atomic E-state index is 14.1. The van der Waals surface area contributed by atoms with Crippen molar-refractivity contribution in [2.45, 2.75) is 64.0 Å². The Balaban J connectivity index is 1.12. The zero-order chi connectivity index (χ0) is 39.4. The van der Waals surface area contributed by atoms with Crippen molar-refractivity contribution in [3.63, 3.8) is 0 Å². The highest BCUT2D eigenvalue weighted by atomic mass is 35.5. The van der Waals surface area contributed by atoms with Crippen molar-refractivity contribution in [2.24, 2.45) is 0 Å². The van der Waals surface area contributed by atoms with E-state index in [2.05, 4.69) is 5.32 Å². The van der Waals surface area contributed by atoms with E-state index in [0.29, 0.717) is 44.5 Å². The fourth-order valence-electron chi connectivity index (χ4n) is 7.19. The quantitative estimate of drug-likeness (QED) is 0.196. The van der Waals surface area contributed by atoms with Crippen molar-refractivity contribution in [1.29, 1.82) is 0 Å². The maximum Gasteiger partial charge on any atom is 0.418 e. The normalized spacial score (nSPS) is 17.3. The highest BCUT2D eigenvalue weighted by Crippen LogP contribution is 2.38. The molecule has 1 atom stereocenters. The molecule has 0 aromatic heterocycles. The number of hydrogen-bond donors (Lipinski definition) is 2. The number of halogens is 4. The van der Waals surface area contributed by atoms with E-state index >= 15 is 0 Å². The predicted octanol–water partition coefficient (Wildman–Crippen LogP) is 6.46. The molecule has 3 heterocycles. The summed E-state index contributed by atoms with van der Waals surface area (Å²) >= 11 is 6.11. The number of alkyl halides is 3. The SMILES string of the molecule is CC(C)OC(=O)c1ccc(N2CCN(C(=O)[C@@H](Cc3cc(Cl)c(N)c(C(F)(F)F)c3)OC(=O)N3CCC(N4CCc5ccccc5NC4=O)CC3)CC2)cc1. The summed E-state index contributed by atoms with van der Waals surface area (Å²) in [6.07, 6.45) is -6.04. The van der Waals surface area contributed by atoms with Gasteiger partial charge in [-0.05, 0) is 86.7 Å². The van der Waals surface area contributed by atoms with Crippen molar-refractivity contribution in [1.82, 2.24) is 14.7 Å². The Labute approximate surface area is 322 Å². The lowest BCUT2D eigenvalue weighted by atomic mass is 10.0. The summed E-state index contributed by atoms with van der Waals surface area (Å²) in [4.78, 5) is 59.8. The number of hydrogen-bond acceptors (Lipinski definition) is 8. The zero-order valence-corrected chi connectivity index (χ0v) is 31.4. The number of benzene rings is 3. The van der Waals surface area contributed by atoms with Gasteiger partial charge in [-0.15, -0.1) is 0 Å². The van der Waals surface area contributed by atoms with Gasteiger partial charge >= 0.3 is 24.3 Å². The van der Waals surface area contributed by atoms with Gasteiger partial charge in [0.05, 0.1) is 27.9 Å². The van der Waals surface area contributed by atoms with Crippen molar-refractivity contribution < 1.29 is 41.8 Å². The summed E-state index contributed by atoms with van der Waals surface area (Å²) in [6.45, 7) is 5.87. The molecule has 3 aliphatic rings. The largest absolute Gasteiger partial charge is 0.459 e. The Hall–Kier alpha value is -5.18. The number of para-hydroxylation sites is 1. The Morgan fingerprint density at radius 2 is 1.58 bits per heavy atom. The van der Waals surface area contributed by atoms with Gasteiger partial charge in [0.15, 0.2) is 6.10 Å². The van der Waals surface area contributed by atoms with Crippen LogP contribution in [0.25, 0.3) is 0 Å². The van der Waals surface area contributed by atoms with Crippen molar-refractivity contribution in [3.05, 3.63) is 87.9 Å². The smallest absolute Gasteiger partial charge is 0.418 e. The van der Waals surface area contributed by atoms with Crippen LogP contribution in [0, 0.1) is 0 Å². The van der Waals surface area contributed by atoms with Crippen LogP contribution in [0.2, 0.25) is 5.02 Å². The lowest BCUT2D eigenvalue weighted by molar-refractivity contribution is -0.141. The first-order valence-corrected chi connectivity index (χ1v) is 18.7. The van der Waals surface area contributed by atoms with Gasteiger partial charge in [-0.2, -0.15) is 13.2 Å². The lowest BCUT2D eigenvalue weighted by Crippen LogP contribution is -2.54. The highest BCUT2D eigenvalue weighted by Gasteiger charge is 2.38. The second-order valence-corrected chi connectivity index (χ2v) is 14.6. The molecular formula is C39H44ClF3N6O6. The summed E-state index contributed by atoms with van der Waals surface area (Å²) < 4.78 is 52.7. The van der Waals surface area contributed by atoms with Crippen LogP contribution in [-0.2, 0) is 33.3 Å². The molecule has 0 radical (unpaired) electrons. The summed E-state index contributed by atoms with van der Waals surface area (Å²) in [5.41, 5.74) is 6.96. The monoisotopic (exact) mass is 784 g/mol. The van der Waals surface area contributed by atoms with Crippen LogP contribution in [0.1, 0.15) is 53.7 Å². The first-order valence-electron chi connectivity index (χ1n) is 18.3. The fraction of sp³-hybridized carbons (Fsp3) is 0.436. The Morgan fingerprint density at radius 1 is 0.909 bits per heavy atom. The molecule has 3 aromatic rings. The van der Waals surface area contributed by atoms with E-state index in [1.165, 1.54) is 15.9 Å². The van der Waals surface area contributed by atoms with Gasteiger partial charge < -0.3 is 40.1 Å². The number of carbonyl (C=O) groups is 4. The number of rotatable bonds is 8. The average Bonchev–Trinajstić information content (AvgIpc) is 3.33. The van der Waals surface area contributed by atoms with E-state index in [9.17, 15) is 32.3 Å². The number of nitrogens with one attached hydrogen (secondary N) is 1. The summed E-state index contributed by atoms with van der Waals surface area (Å²) in [5.74, 6) is -0.986. The number of piperazine rings is 1. The molecule has 55 heavy (non-hydrogen) atoms. The molecule has 0 aliphatic carbocycles. The van der Waals surface area contributed by atoms with Gasteiger partial charge in [0.2, 0.25) is 0 Å². The molecule has 3 aromatic carbocycles. The van der Waals surface area contributed by atoms with Gasteiger partial charge in [-0.1, -0.05) is 29.8 Å². The molecule has 3 aliphatic heterocycles. The van der Waals surface area contributed by atoms with Gasteiger partial charge in [0, 0.05) is 69.7 Å². The number of esters is 1. The number of urea groups is 1. The van der Waals surface area contributed by atoms with Crippen molar-refractivity contribution in [3.8, 4) is 0 Å². The van der Waals surface area contributed by atoms with Crippen LogP contribution in [-0.4, -0.2) is 103 Å². The minimum absolute atomic E-state index is 0.0271. The van der Waals surface area contributed by atoms with Crippen LogP contribution in [0.4, 0.5) is 39.8 Å². The average molecular weight is 785 g/mol. The molecule has 3 N–H and O–H groups in total. The number of ether oxygens (including phenoxy) is 2. The molecular weight excluding hydrogens is 741 g/mol. The topological polar surface area (TPSA) is 138 Å². The van der Waals surface area contributed by atoms with Crippen LogP contribution < -0.4 is 16.0 Å². The van der Waals surface area contributed by atoms with E-state index in [1.54, 1.807) is 43.0 Å². The molecule has 0 spiro atoms. The first-order chi connectivity index (χ1) is 26.2. The third-order valence-corrected chi connectivity index (χ3v) is 10.5. The number of carbonyl (C=O) groups excluding carboxylic acids is 4. The number of likely N-dealkylation sites (tertiary alicyclic amines) is 1. The molecule has 2 fully saturated rings. The molecule has 0 unspecified atom stereocenters. The third-order valence-electron chi connectivity index (χ3n) is 10.1. The lowest BCUT2D eigenvalue weighted by Gasteiger charge is -2.39. The second-order valence-electron chi connectivity index (χ2n) is 14.2. The molecule has 294 valence electrons. The standard InChI is InChI=1S/C39H44ClF3N6O6/c1-24(2)54-36(51)27-7-9-28(10-8-27)46-17-19-47(20-18-46)35(50)33(23-25-21-30(39(41,42)43)34(44)31(40)22-25)55-38(53)48-14-12-29(13-15-48)49-16-11-26-5-3-4-6-32(26)45-37(49)52/h3-10,21-22,24,29,33H,11-20,23,44H2,1-2H3,(H,45,52)/t33-/m1/s1. The molecule has 12 nitrogen and oxygen atoms in total. The fourth-order valence-corrected chi connectivity index (χ4v) is 7.44. The number of piperidine rings is 1. The Morgan fingerprint density at radius 3 is 2.24 bits per heavy atom.